The highest BCUT2D eigenvalue weighted by Crippen LogP contribution is 2.09. The number of methoxy groups -OCH3 is 1. The molecular formula is C5H9Cl2NO2. The predicted molar refractivity (Wildman–Crippen MR) is 40.1 cm³/mol. The van der Waals surface area contributed by atoms with Crippen LogP contribution in [0.4, 0.5) is 0 Å². The number of alkyl halides is 2. The van der Waals surface area contributed by atoms with Gasteiger partial charge in [0.25, 0.3) is 0 Å². The summed E-state index contributed by atoms with van der Waals surface area (Å²) in [5.74, 6) is -0.494. The second-order valence-electron chi connectivity index (χ2n) is 1.76. The largest absolute Gasteiger partial charge is 0.468 e. The van der Waals surface area contributed by atoms with E-state index in [4.69, 9.17) is 28.9 Å². The zero-order valence-corrected chi connectivity index (χ0v) is 7.02. The maximum absolute atomic E-state index is 10.6. The zero-order valence-electron chi connectivity index (χ0n) is 5.51. The molecule has 0 aliphatic rings. The second-order valence-corrected chi connectivity index (χ2v) is 3.03. The van der Waals surface area contributed by atoms with Crippen molar-refractivity contribution in [1.29, 1.82) is 0 Å². The molecule has 0 fully saturated rings. The Bertz CT molecular complexity index is 118. The Hall–Kier alpha value is 0.01000. The molecule has 0 rings (SSSR count). The number of nitrogens with two attached hydrogens (primary N) is 1. The fraction of sp³-hybridized carbons (Fsp3) is 0.800. The van der Waals surface area contributed by atoms with Gasteiger partial charge in [-0.15, -0.1) is 23.2 Å². The summed E-state index contributed by atoms with van der Waals surface area (Å²) in [4.78, 5) is 9.97. The SMILES string of the molecule is COC(=O)C(N)CC(Cl)Cl. The summed E-state index contributed by atoms with van der Waals surface area (Å²) < 4.78 is 4.33. The van der Waals surface area contributed by atoms with Crippen LogP contribution in [0, 0.1) is 0 Å². The zero-order chi connectivity index (χ0) is 8.15. The third-order valence-electron chi connectivity index (χ3n) is 0.936. The molecule has 5 heteroatoms. The fourth-order valence-electron chi connectivity index (χ4n) is 0.440. The molecule has 0 aromatic carbocycles. The molecular weight excluding hydrogens is 177 g/mol. The summed E-state index contributed by atoms with van der Waals surface area (Å²) in [5, 5.41) is 0. The van der Waals surface area contributed by atoms with Crippen LogP contribution in [0.5, 0.6) is 0 Å². The van der Waals surface area contributed by atoms with Gasteiger partial charge in [-0.1, -0.05) is 0 Å². The molecule has 0 amide bonds. The molecule has 0 radical (unpaired) electrons. The first kappa shape index (κ1) is 10.0. The van der Waals surface area contributed by atoms with E-state index in [0.717, 1.165) is 0 Å². The molecule has 60 valence electrons. The van der Waals surface area contributed by atoms with Crippen molar-refractivity contribution < 1.29 is 9.53 Å². The van der Waals surface area contributed by atoms with E-state index in [2.05, 4.69) is 4.74 Å². The lowest BCUT2D eigenvalue weighted by atomic mass is 10.2. The van der Waals surface area contributed by atoms with Crippen LogP contribution in [0.3, 0.4) is 0 Å². The molecule has 0 aromatic heterocycles. The minimum atomic E-state index is -0.718. The third kappa shape index (κ3) is 3.93. The van der Waals surface area contributed by atoms with Gasteiger partial charge >= 0.3 is 5.97 Å². The summed E-state index contributed by atoms with van der Waals surface area (Å²) in [6, 6.07) is -0.718. The van der Waals surface area contributed by atoms with Gasteiger partial charge in [0.1, 0.15) is 10.9 Å². The minimum Gasteiger partial charge on any atom is -0.468 e. The van der Waals surface area contributed by atoms with Crippen molar-refractivity contribution in [1.82, 2.24) is 0 Å². The fourth-order valence-corrected chi connectivity index (χ4v) is 0.823. The number of rotatable bonds is 3. The van der Waals surface area contributed by atoms with Crippen molar-refractivity contribution in [3.05, 3.63) is 0 Å². The first-order valence-electron chi connectivity index (χ1n) is 2.69. The number of esters is 1. The monoisotopic (exact) mass is 185 g/mol. The lowest BCUT2D eigenvalue weighted by Gasteiger charge is -2.08. The maximum Gasteiger partial charge on any atom is 0.322 e. The lowest BCUT2D eigenvalue weighted by Crippen LogP contribution is -2.32. The van der Waals surface area contributed by atoms with Gasteiger partial charge in [0, 0.05) is 6.42 Å². The summed E-state index contributed by atoms with van der Waals surface area (Å²) in [5.41, 5.74) is 5.29. The van der Waals surface area contributed by atoms with Crippen LogP contribution in [0.2, 0.25) is 0 Å². The van der Waals surface area contributed by atoms with Crippen molar-refractivity contribution in [3.8, 4) is 0 Å². The van der Waals surface area contributed by atoms with Gasteiger partial charge in [-0.2, -0.15) is 0 Å². The third-order valence-corrected chi connectivity index (χ3v) is 1.29. The number of carbonyl (C=O) groups is 1. The van der Waals surface area contributed by atoms with Crippen LogP contribution in [-0.4, -0.2) is 24.0 Å². The van der Waals surface area contributed by atoms with Crippen LogP contribution >= 0.6 is 23.2 Å². The first-order chi connectivity index (χ1) is 4.57. The van der Waals surface area contributed by atoms with Crippen LogP contribution in [-0.2, 0) is 9.53 Å². The standard InChI is InChI=1S/C5H9Cl2NO2/c1-10-5(9)3(8)2-4(6)7/h3-4H,2,8H2,1H3. The number of halogens is 2. The Kier molecular flexibility index (Phi) is 4.77. The smallest absolute Gasteiger partial charge is 0.322 e. The van der Waals surface area contributed by atoms with E-state index in [1.54, 1.807) is 0 Å². The van der Waals surface area contributed by atoms with Gasteiger partial charge in [0.05, 0.1) is 7.11 Å². The van der Waals surface area contributed by atoms with Crippen molar-refractivity contribution >= 4 is 29.2 Å². The molecule has 1 unspecified atom stereocenters. The summed E-state index contributed by atoms with van der Waals surface area (Å²) >= 11 is 10.7. The lowest BCUT2D eigenvalue weighted by molar-refractivity contribution is -0.142. The average molecular weight is 186 g/mol. The number of carbonyl (C=O) groups excluding carboxylic acids is 1. The summed E-state index contributed by atoms with van der Waals surface area (Å²) in [6.07, 6.45) is 0.218. The molecule has 0 aliphatic carbocycles. The van der Waals surface area contributed by atoms with E-state index in [1.807, 2.05) is 0 Å². The predicted octanol–water partition coefficient (Wildman–Crippen LogP) is 0.680. The van der Waals surface area contributed by atoms with Crippen molar-refractivity contribution in [2.75, 3.05) is 7.11 Å². The number of ether oxygens (including phenoxy) is 1. The second kappa shape index (κ2) is 4.77. The Morgan fingerprint density at radius 1 is 1.70 bits per heavy atom. The van der Waals surface area contributed by atoms with Crippen LogP contribution in [0.1, 0.15) is 6.42 Å². The minimum absolute atomic E-state index is 0.218. The van der Waals surface area contributed by atoms with Gasteiger partial charge in [-0.05, 0) is 0 Å². The van der Waals surface area contributed by atoms with Gasteiger partial charge in [-0.25, -0.2) is 0 Å². The molecule has 0 saturated carbocycles. The van der Waals surface area contributed by atoms with Crippen LogP contribution < -0.4 is 5.73 Å². The molecule has 0 heterocycles. The molecule has 0 saturated heterocycles. The number of hydrogen-bond acceptors (Lipinski definition) is 3. The molecule has 2 N–H and O–H groups in total. The van der Waals surface area contributed by atoms with Crippen LogP contribution in [0.15, 0.2) is 0 Å². The van der Waals surface area contributed by atoms with Gasteiger partial charge in [0.2, 0.25) is 0 Å². The van der Waals surface area contributed by atoms with E-state index >= 15 is 0 Å². The summed E-state index contributed by atoms with van der Waals surface area (Å²) in [7, 11) is 1.26. The van der Waals surface area contributed by atoms with E-state index < -0.39 is 16.8 Å². The van der Waals surface area contributed by atoms with Gasteiger partial charge < -0.3 is 10.5 Å². The topological polar surface area (TPSA) is 52.3 Å². The molecule has 3 nitrogen and oxygen atoms in total. The Balaban J connectivity index is 3.61. The quantitative estimate of drug-likeness (QED) is 0.520. The van der Waals surface area contributed by atoms with Crippen molar-refractivity contribution in [2.45, 2.75) is 17.3 Å². The normalized spacial score (nSPS) is 13.3. The molecule has 0 aromatic rings. The van der Waals surface area contributed by atoms with E-state index in [1.165, 1.54) is 7.11 Å². The molecule has 10 heavy (non-hydrogen) atoms. The average Bonchev–Trinajstić information content (AvgIpc) is 1.85. The molecule has 0 aliphatic heterocycles. The summed E-state index contributed by atoms with van der Waals surface area (Å²) in [6.45, 7) is 0. The van der Waals surface area contributed by atoms with Crippen molar-refractivity contribution in [2.24, 2.45) is 5.73 Å². The highest BCUT2D eigenvalue weighted by atomic mass is 35.5. The van der Waals surface area contributed by atoms with Gasteiger partial charge in [-0.3, -0.25) is 4.79 Å². The maximum atomic E-state index is 10.6. The van der Waals surface area contributed by atoms with Crippen LogP contribution in [0.25, 0.3) is 0 Å². The molecule has 0 bridgehead atoms. The highest BCUT2D eigenvalue weighted by Gasteiger charge is 2.16. The Morgan fingerprint density at radius 3 is 2.50 bits per heavy atom. The first-order valence-corrected chi connectivity index (χ1v) is 3.56. The van der Waals surface area contributed by atoms with E-state index in [-0.39, 0.29) is 6.42 Å². The number of hydrogen-bond donors (Lipinski definition) is 1. The van der Waals surface area contributed by atoms with Gasteiger partial charge in [0.15, 0.2) is 0 Å². The Morgan fingerprint density at radius 2 is 2.20 bits per heavy atom. The van der Waals surface area contributed by atoms with Crippen molar-refractivity contribution in [3.63, 3.8) is 0 Å². The highest BCUT2D eigenvalue weighted by molar-refractivity contribution is 6.44. The molecule has 1 atom stereocenters. The Labute approximate surface area is 69.4 Å². The van der Waals surface area contributed by atoms with E-state index in [9.17, 15) is 4.79 Å². The van der Waals surface area contributed by atoms with E-state index in [0.29, 0.717) is 0 Å². The molecule has 0 spiro atoms.